The summed E-state index contributed by atoms with van der Waals surface area (Å²) in [6, 6.07) is 16.3. The summed E-state index contributed by atoms with van der Waals surface area (Å²) in [6.45, 7) is 1.39. The van der Waals surface area contributed by atoms with Crippen molar-refractivity contribution < 1.29 is 18.9 Å². The number of hydrogen-bond donors (Lipinski definition) is 0. The van der Waals surface area contributed by atoms with Crippen LogP contribution in [0.3, 0.4) is 0 Å². The van der Waals surface area contributed by atoms with Crippen LogP contribution in [-0.2, 0) is 15.9 Å². The predicted molar refractivity (Wildman–Crippen MR) is 76.4 cm³/mol. The lowest BCUT2D eigenvalue weighted by Gasteiger charge is -2.06. The van der Waals surface area contributed by atoms with Gasteiger partial charge < -0.3 is 18.9 Å². The van der Waals surface area contributed by atoms with Crippen molar-refractivity contribution in [1.82, 2.24) is 0 Å². The average Bonchev–Trinajstić information content (AvgIpc) is 3.40. The van der Waals surface area contributed by atoms with E-state index < -0.39 is 0 Å². The Morgan fingerprint density at radius 2 is 1.10 bits per heavy atom. The Kier molecular flexibility index (Phi) is 3.25. The summed E-state index contributed by atoms with van der Waals surface area (Å²) in [5, 5.41) is 0. The van der Waals surface area contributed by atoms with Crippen molar-refractivity contribution in [3.8, 4) is 11.5 Å². The van der Waals surface area contributed by atoms with Crippen LogP contribution in [0.25, 0.3) is 0 Å². The van der Waals surface area contributed by atoms with Gasteiger partial charge in [-0.3, -0.25) is 0 Å². The molecule has 2 aliphatic rings. The summed E-state index contributed by atoms with van der Waals surface area (Å²) < 4.78 is 21.2. The van der Waals surface area contributed by atoms with E-state index in [1.165, 1.54) is 11.1 Å². The molecule has 2 saturated heterocycles. The van der Waals surface area contributed by atoms with Crippen LogP contribution >= 0.6 is 0 Å². The van der Waals surface area contributed by atoms with Crippen LogP contribution < -0.4 is 9.47 Å². The normalized spacial score (nSPS) is 22.7. The maximum atomic E-state index is 5.54. The summed E-state index contributed by atoms with van der Waals surface area (Å²) in [5.41, 5.74) is 2.50. The highest BCUT2D eigenvalue weighted by atomic mass is 16.8. The Morgan fingerprint density at radius 1 is 0.714 bits per heavy atom. The van der Waals surface area contributed by atoms with Crippen molar-refractivity contribution in [1.29, 1.82) is 0 Å². The molecule has 0 amide bonds. The molecule has 0 radical (unpaired) electrons. The van der Waals surface area contributed by atoms with Gasteiger partial charge in [0.2, 0.25) is 12.6 Å². The maximum absolute atomic E-state index is 5.54. The minimum atomic E-state index is -0.0427. The van der Waals surface area contributed by atoms with E-state index >= 15 is 0 Å². The SMILES string of the molecule is c1cc(OC2CO2)ccc1Cc1ccc(OC2CO2)cc1. The summed E-state index contributed by atoms with van der Waals surface area (Å²) in [7, 11) is 0. The van der Waals surface area contributed by atoms with Crippen LogP contribution in [0.15, 0.2) is 48.5 Å². The third-order valence-corrected chi connectivity index (χ3v) is 3.40. The molecule has 2 aromatic rings. The van der Waals surface area contributed by atoms with E-state index in [2.05, 4.69) is 24.3 Å². The van der Waals surface area contributed by atoms with Crippen molar-refractivity contribution >= 4 is 0 Å². The minimum Gasteiger partial charge on any atom is -0.462 e. The molecular formula is C17H16O4. The third-order valence-electron chi connectivity index (χ3n) is 3.40. The molecule has 0 N–H and O–H groups in total. The number of epoxide rings is 2. The molecule has 4 rings (SSSR count). The Morgan fingerprint density at radius 3 is 1.43 bits per heavy atom. The fraction of sp³-hybridized carbons (Fsp3) is 0.294. The van der Waals surface area contributed by atoms with E-state index in [9.17, 15) is 0 Å². The zero-order valence-corrected chi connectivity index (χ0v) is 11.5. The van der Waals surface area contributed by atoms with Crippen LogP contribution in [0, 0.1) is 0 Å². The van der Waals surface area contributed by atoms with Crippen molar-refractivity contribution in [3.63, 3.8) is 0 Å². The van der Waals surface area contributed by atoms with E-state index in [-0.39, 0.29) is 12.6 Å². The molecule has 0 aliphatic carbocycles. The lowest BCUT2D eigenvalue weighted by Crippen LogP contribution is -1.98. The number of ether oxygens (including phenoxy) is 4. The Hall–Kier alpha value is -2.04. The van der Waals surface area contributed by atoms with Crippen LogP contribution in [0.2, 0.25) is 0 Å². The second kappa shape index (κ2) is 5.39. The standard InChI is InChI=1S/C17H16O4/c1-5-14(20-16-10-18-16)6-2-12(1)9-13-3-7-15(8-4-13)21-17-11-19-17/h1-8,16-17H,9-11H2. The van der Waals surface area contributed by atoms with E-state index in [1.807, 2.05) is 24.3 Å². The van der Waals surface area contributed by atoms with Gasteiger partial charge in [-0.1, -0.05) is 24.3 Å². The molecule has 0 saturated carbocycles. The summed E-state index contributed by atoms with van der Waals surface area (Å²) in [4.78, 5) is 0. The van der Waals surface area contributed by atoms with Gasteiger partial charge in [-0.15, -0.1) is 0 Å². The van der Waals surface area contributed by atoms with Gasteiger partial charge in [-0.2, -0.15) is 0 Å². The van der Waals surface area contributed by atoms with Gasteiger partial charge >= 0.3 is 0 Å². The van der Waals surface area contributed by atoms with Gasteiger partial charge in [-0.05, 0) is 41.8 Å². The molecule has 4 nitrogen and oxygen atoms in total. The summed E-state index contributed by atoms with van der Waals surface area (Å²) in [6.07, 6.45) is 0.804. The Labute approximate surface area is 123 Å². The number of hydrogen-bond acceptors (Lipinski definition) is 4. The third kappa shape index (κ3) is 3.54. The molecule has 0 aromatic heterocycles. The second-order valence-corrected chi connectivity index (χ2v) is 5.23. The van der Waals surface area contributed by atoms with Crippen molar-refractivity contribution in [2.45, 2.75) is 19.0 Å². The molecule has 2 heterocycles. The fourth-order valence-electron chi connectivity index (χ4n) is 2.13. The Balaban J connectivity index is 1.37. The smallest absolute Gasteiger partial charge is 0.223 e. The zero-order valence-electron chi connectivity index (χ0n) is 11.5. The highest BCUT2D eigenvalue weighted by Crippen LogP contribution is 2.22. The lowest BCUT2D eigenvalue weighted by atomic mass is 10.0. The number of rotatable bonds is 6. The summed E-state index contributed by atoms with van der Waals surface area (Å²) >= 11 is 0. The molecule has 0 bridgehead atoms. The first kappa shape index (κ1) is 12.7. The average molecular weight is 284 g/mol. The van der Waals surface area contributed by atoms with Gasteiger partial charge in [-0.25, -0.2) is 0 Å². The predicted octanol–water partition coefficient (Wildman–Crippen LogP) is 2.75. The van der Waals surface area contributed by atoms with Gasteiger partial charge in [0, 0.05) is 0 Å². The van der Waals surface area contributed by atoms with E-state index in [4.69, 9.17) is 18.9 Å². The van der Waals surface area contributed by atoms with Gasteiger partial charge in [0.1, 0.15) is 24.7 Å². The number of benzene rings is 2. The molecule has 2 fully saturated rings. The maximum Gasteiger partial charge on any atom is 0.223 e. The highest BCUT2D eigenvalue weighted by Gasteiger charge is 2.25. The lowest BCUT2D eigenvalue weighted by molar-refractivity contribution is 0.179. The molecule has 2 atom stereocenters. The van der Waals surface area contributed by atoms with Crippen LogP contribution in [0.1, 0.15) is 11.1 Å². The quantitative estimate of drug-likeness (QED) is 0.765. The van der Waals surface area contributed by atoms with Crippen LogP contribution in [0.4, 0.5) is 0 Å². The second-order valence-electron chi connectivity index (χ2n) is 5.23. The first-order chi connectivity index (χ1) is 10.3. The van der Waals surface area contributed by atoms with E-state index in [0.29, 0.717) is 13.2 Å². The van der Waals surface area contributed by atoms with Crippen molar-refractivity contribution in [2.75, 3.05) is 13.2 Å². The molecule has 0 spiro atoms. The van der Waals surface area contributed by atoms with Gasteiger partial charge in [0.05, 0.1) is 0 Å². The topological polar surface area (TPSA) is 43.5 Å². The first-order valence-corrected chi connectivity index (χ1v) is 7.09. The molecule has 108 valence electrons. The van der Waals surface area contributed by atoms with Crippen LogP contribution in [-0.4, -0.2) is 25.8 Å². The van der Waals surface area contributed by atoms with E-state index in [1.54, 1.807) is 0 Å². The van der Waals surface area contributed by atoms with Gasteiger partial charge in [0.15, 0.2) is 0 Å². The molecule has 4 heteroatoms. The molecule has 21 heavy (non-hydrogen) atoms. The molecule has 2 unspecified atom stereocenters. The molecule has 2 aliphatic heterocycles. The first-order valence-electron chi connectivity index (χ1n) is 7.09. The minimum absolute atomic E-state index is 0.0427. The highest BCUT2D eigenvalue weighted by molar-refractivity contribution is 5.34. The van der Waals surface area contributed by atoms with Crippen molar-refractivity contribution in [2.24, 2.45) is 0 Å². The Bertz CT molecular complexity index is 542. The van der Waals surface area contributed by atoms with E-state index in [0.717, 1.165) is 17.9 Å². The largest absolute Gasteiger partial charge is 0.462 e. The molecule has 2 aromatic carbocycles. The van der Waals surface area contributed by atoms with Crippen molar-refractivity contribution in [3.05, 3.63) is 59.7 Å². The molecular weight excluding hydrogens is 268 g/mol. The fourth-order valence-corrected chi connectivity index (χ4v) is 2.13. The van der Waals surface area contributed by atoms with Gasteiger partial charge in [0.25, 0.3) is 0 Å². The van der Waals surface area contributed by atoms with Crippen LogP contribution in [0.5, 0.6) is 11.5 Å². The monoisotopic (exact) mass is 284 g/mol. The zero-order chi connectivity index (χ0) is 14.1. The summed E-state index contributed by atoms with van der Waals surface area (Å²) in [5.74, 6) is 1.71.